The van der Waals surface area contributed by atoms with E-state index >= 15 is 0 Å². The number of aryl methyl sites for hydroxylation is 2. The Labute approximate surface area is 105 Å². The van der Waals surface area contributed by atoms with Crippen LogP contribution in [0.15, 0.2) is 12.1 Å². The molecule has 1 aromatic rings. The maximum atomic E-state index is 8.97. The van der Waals surface area contributed by atoms with Gasteiger partial charge in [-0.25, -0.2) is 0 Å². The molecule has 0 saturated heterocycles. The molecule has 17 heavy (non-hydrogen) atoms. The Morgan fingerprint density at radius 1 is 1.18 bits per heavy atom. The van der Waals surface area contributed by atoms with Gasteiger partial charge in [0.15, 0.2) is 0 Å². The summed E-state index contributed by atoms with van der Waals surface area (Å²) in [5.41, 5.74) is 9.81. The van der Waals surface area contributed by atoms with E-state index in [9.17, 15) is 0 Å². The van der Waals surface area contributed by atoms with E-state index in [-0.39, 0.29) is 0 Å². The van der Waals surface area contributed by atoms with Crippen LogP contribution in [0.1, 0.15) is 48.9 Å². The molecular weight excluding hydrogens is 208 g/mol. The van der Waals surface area contributed by atoms with Crippen molar-refractivity contribution < 1.29 is 0 Å². The monoisotopic (exact) mass is 232 g/mol. The van der Waals surface area contributed by atoms with E-state index in [0.29, 0.717) is 0 Å². The van der Waals surface area contributed by atoms with Crippen LogP contribution in [0.5, 0.6) is 0 Å². The quantitative estimate of drug-likeness (QED) is 0.808. The molecule has 0 saturated carbocycles. The molecule has 0 aliphatic carbocycles. The van der Waals surface area contributed by atoms with Gasteiger partial charge in [0, 0.05) is 0 Å². The van der Waals surface area contributed by atoms with Crippen molar-refractivity contribution in [3.05, 3.63) is 34.4 Å². The average molecular weight is 232 g/mol. The van der Waals surface area contributed by atoms with Crippen molar-refractivity contribution in [1.82, 2.24) is 0 Å². The molecule has 2 N–H and O–H groups in total. The normalized spacial score (nSPS) is 9.18. The smallest absolute Gasteiger partial charge is 0.0994 e. The largest absolute Gasteiger partial charge is 0.330 e. The van der Waals surface area contributed by atoms with Gasteiger partial charge < -0.3 is 5.73 Å². The van der Waals surface area contributed by atoms with Gasteiger partial charge in [0.1, 0.15) is 0 Å². The topological polar surface area (TPSA) is 49.8 Å². The SMILES string of the molecule is CC.Cc1cc(CCCCN)cc(C#N)c1C. The number of rotatable bonds is 4. The highest BCUT2D eigenvalue weighted by Gasteiger charge is 2.03. The summed E-state index contributed by atoms with van der Waals surface area (Å²) >= 11 is 0. The molecule has 0 atom stereocenters. The number of benzene rings is 1. The lowest BCUT2D eigenvalue weighted by Gasteiger charge is -2.07. The van der Waals surface area contributed by atoms with Crippen LogP contribution >= 0.6 is 0 Å². The molecule has 0 aliphatic rings. The van der Waals surface area contributed by atoms with E-state index < -0.39 is 0 Å². The number of hydrogen-bond acceptors (Lipinski definition) is 2. The molecule has 0 amide bonds. The summed E-state index contributed by atoms with van der Waals surface area (Å²) in [6, 6.07) is 6.41. The van der Waals surface area contributed by atoms with Crippen LogP contribution in [0, 0.1) is 25.2 Å². The maximum absolute atomic E-state index is 8.97. The molecule has 1 rings (SSSR count). The standard InChI is InChI=1S/C13H18N2.C2H6/c1-10-7-12(5-3-4-6-14)8-13(9-15)11(10)2;1-2/h7-8H,3-6,14H2,1-2H3;1-2H3. The lowest BCUT2D eigenvalue weighted by Crippen LogP contribution is -1.99. The van der Waals surface area contributed by atoms with Gasteiger partial charge >= 0.3 is 0 Å². The zero-order chi connectivity index (χ0) is 13.3. The first-order valence-corrected chi connectivity index (χ1v) is 6.39. The third kappa shape index (κ3) is 5.01. The highest BCUT2D eigenvalue weighted by molar-refractivity contribution is 5.44. The van der Waals surface area contributed by atoms with Crippen LogP contribution in [0.3, 0.4) is 0 Å². The van der Waals surface area contributed by atoms with Gasteiger partial charge in [-0.3, -0.25) is 0 Å². The maximum Gasteiger partial charge on any atom is 0.0994 e. The van der Waals surface area contributed by atoms with Crippen molar-refractivity contribution in [3.63, 3.8) is 0 Å². The number of unbranched alkanes of at least 4 members (excludes halogenated alkanes) is 1. The predicted molar refractivity (Wildman–Crippen MR) is 74.0 cm³/mol. The average Bonchev–Trinajstić information content (AvgIpc) is 2.36. The van der Waals surface area contributed by atoms with Crippen molar-refractivity contribution in [2.45, 2.75) is 47.0 Å². The van der Waals surface area contributed by atoms with E-state index in [1.165, 1.54) is 11.1 Å². The van der Waals surface area contributed by atoms with Gasteiger partial charge in [-0.1, -0.05) is 19.9 Å². The van der Waals surface area contributed by atoms with E-state index in [4.69, 9.17) is 11.0 Å². The second-order valence-corrected chi connectivity index (χ2v) is 3.94. The second-order valence-electron chi connectivity index (χ2n) is 3.94. The van der Waals surface area contributed by atoms with Crippen molar-refractivity contribution in [2.24, 2.45) is 5.73 Å². The van der Waals surface area contributed by atoms with E-state index in [2.05, 4.69) is 19.1 Å². The lowest BCUT2D eigenvalue weighted by atomic mass is 9.97. The second kappa shape index (κ2) is 8.78. The first-order chi connectivity index (χ1) is 8.19. The van der Waals surface area contributed by atoms with E-state index in [0.717, 1.165) is 36.9 Å². The van der Waals surface area contributed by atoms with Crippen LogP contribution in [0.25, 0.3) is 0 Å². The molecule has 1 aromatic carbocycles. The third-order valence-electron chi connectivity index (χ3n) is 2.77. The fourth-order valence-electron chi connectivity index (χ4n) is 1.67. The van der Waals surface area contributed by atoms with Crippen molar-refractivity contribution in [3.8, 4) is 6.07 Å². The number of nitrogens with zero attached hydrogens (tertiary/aromatic N) is 1. The van der Waals surface area contributed by atoms with Crippen LogP contribution in [0.4, 0.5) is 0 Å². The van der Waals surface area contributed by atoms with Gasteiger partial charge in [0.25, 0.3) is 0 Å². The fourth-order valence-corrected chi connectivity index (χ4v) is 1.67. The Morgan fingerprint density at radius 3 is 2.35 bits per heavy atom. The zero-order valence-electron chi connectivity index (χ0n) is 11.5. The summed E-state index contributed by atoms with van der Waals surface area (Å²) in [7, 11) is 0. The van der Waals surface area contributed by atoms with Gasteiger partial charge in [-0.2, -0.15) is 5.26 Å². The Balaban J connectivity index is 0.00000121. The minimum atomic E-state index is 0.746. The minimum absolute atomic E-state index is 0.746. The first kappa shape index (κ1) is 15.7. The lowest BCUT2D eigenvalue weighted by molar-refractivity contribution is 0.744. The molecule has 0 spiro atoms. The summed E-state index contributed by atoms with van der Waals surface area (Å²) in [6.07, 6.45) is 3.17. The summed E-state index contributed by atoms with van der Waals surface area (Å²) in [4.78, 5) is 0. The van der Waals surface area contributed by atoms with Crippen molar-refractivity contribution in [2.75, 3.05) is 6.54 Å². The molecule has 2 nitrogen and oxygen atoms in total. The molecule has 0 aromatic heterocycles. The van der Waals surface area contributed by atoms with E-state index in [1.807, 2.05) is 26.8 Å². The minimum Gasteiger partial charge on any atom is -0.330 e. The van der Waals surface area contributed by atoms with Crippen LogP contribution < -0.4 is 5.73 Å². The van der Waals surface area contributed by atoms with Crippen molar-refractivity contribution in [1.29, 1.82) is 5.26 Å². The summed E-state index contributed by atoms with van der Waals surface area (Å²) < 4.78 is 0. The zero-order valence-corrected chi connectivity index (χ0v) is 11.5. The van der Waals surface area contributed by atoms with E-state index in [1.54, 1.807) is 0 Å². The molecule has 0 radical (unpaired) electrons. The van der Waals surface area contributed by atoms with Crippen LogP contribution in [0.2, 0.25) is 0 Å². The number of nitrogens with two attached hydrogens (primary N) is 1. The van der Waals surface area contributed by atoms with Gasteiger partial charge in [0.2, 0.25) is 0 Å². The Hall–Kier alpha value is -1.33. The molecule has 2 heteroatoms. The van der Waals surface area contributed by atoms with Crippen LogP contribution in [-0.2, 0) is 6.42 Å². The molecule has 0 aliphatic heterocycles. The Kier molecular flexibility index (Phi) is 8.09. The number of hydrogen-bond donors (Lipinski definition) is 1. The summed E-state index contributed by atoms with van der Waals surface area (Å²) in [5.74, 6) is 0. The fraction of sp³-hybridized carbons (Fsp3) is 0.533. The van der Waals surface area contributed by atoms with Gasteiger partial charge in [-0.05, 0) is 62.4 Å². The highest BCUT2D eigenvalue weighted by atomic mass is 14.5. The van der Waals surface area contributed by atoms with Gasteiger partial charge in [0.05, 0.1) is 11.6 Å². The highest BCUT2D eigenvalue weighted by Crippen LogP contribution is 2.17. The molecule has 0 fully saturated rings. The Bertz CT molecular complexity index is 375. The Morgan fingerprint density at radius 2 is 1.82 bits per heavy atom. The summed E-state index contributed by atoms with van der Waals surface area (Å²) in [5, 5.41) is 8.97. The van der Waals surface area contributed by atoms with Crippen molar-refractivity contribution >= 4 is 0 Å². The summed E-state index contributed by atoms with van der Waals surface area (Å²) in [6.45, 7) is 8.80. The predicted octanol–water partition coefficient (Wildman–Crippen LogP) is 3.48. The van der Waals surface area contributed by atoms with Crippen LogP contribution in [-0.4, -0.2) is 6.54 Å². The molecular formula is C15H24N2. The molecule has 0 bridgehead atoms. The first-order valence-electron chi connectivity index (χ1n) is 6.39. The molecule has 94 valence electrons. The number of nitriles is 1. The third-order valence-corrected chi connectivity index (χ3v) is 2.77. The molecule has 0 heterocycles. The van der Waals surface area contributed by atoms with Gasteiger partial charge in [-0.15, -0.1) is 0 Å². The molecule has 0 unspecified atom stereocenters.